The predicted molar refractivity (Wildman–Crippen MR) is 99.3 cm³/mol. The largest absolute Gasteiger partial charge is 0.431 e. The molecule has 144 valence electrons. The van der Waals surface area contributed by atoms with Crippen molar-refractivity contribution in [3.05, 3.63) is 0 Å². The van der Waals surface area contributed by atoms with Crippen molar-refractivity contribution in [2.45, 2.75) is 113 Å². The first-order valence-electron chi connectivity index (χ1n) is 9.54. The molecule has 0 aromatic carbocycles. The first-order chi connectivity index (χ1) is 9.82. The molecule has 0 aromatic rings. The molecule has 24 heavy (non-hydrogen) atoms. The molecule has 0 aliphatic heterocycles. The van der Waals surface area contributed by atoms with Gasteiger partial charge in [0.1, 0.15) is 0 Å². The fourth-order valence-electron chi connectivity index (χ4n) is 5.70. The van der Waals surface area contributed by atoms with Gasteiger partial charge in [-0.1, -0.05) is 96.3 Å². The van der Waals surface area contributed by atoms with E-state index in [0.717, 1.165) is 16.6 Å². The molecule has 0 amide bonds. The molecular weight excluding hydrogens is 400 g/mol. The zero-order valence-corrected chi connectivity index (χ0v) is 18.7. The smallest absolute Gasteiger partial charge is 0.197 e. The van der Waals surface area contributed by atoms with Crippen molar-refractivity contribution in [3.63, 3.8) is 0 Å². The first-order valence-corrected chi connectivity index (χ1v) is 11.7. The Labute approximate surface area is 168 Å². The van der Waals surface area contributed by atoms with Gasteiger partial charge in [0.15, 0.2) is 8.32 Å². The number of rotatable bonds is 3. The molecule has 0 aromatic heterocycles. The van der Waals surface area contributed by atoms with Crippen LogP contribution in [0.15, 0.2) is 0 Å². The van der Waals surface area contributed by atoms with E-state index in [1.807, 2.05) is 0 Å². The Kier molecular flexibility index (Phi) is 14.9. The SMILES string of the molecule is O.O.O.O[Si](C1CCCCC1)(C1CCCCC1)C1CCCCC1.[Zr]. The van der Waals surface area contributed by atoms with Gasteiger partial charge in [0, 0.05) is 26.2 Å². The molecule has 0 unspecified atom stereocenters. The third kappa shape index (κ3) is 5.99. The van der Waals surface area contributed by atoms with Crippen molar-refractivity contribution >= 4 is 8.32 Å². The van der Waals surface area contributed by atoms with Crippen LogP contribution in [-0.2, 0) is 26.2 Å². The van der Waals surface area contributed by atoms with Gasteiger partial charge in [0.05, 0.1) is 0 Å². The van der Waals surface area contributed by atoms with Crippen LogP contribution < -0.4 is 0 Å². The Morgan fingerprint density at radius 3 is 0.875 bits per heavy atom. The van der Waals surface area contributed by atoms with E-state index in [0.29, 0.717) is 0 Å². The summed E-state index contributed by atoms with van der Waals surface area (Å²) < 4.78 is 0. The fourth-order valence-corrected chi connectivity index (χ4v) is 11.7. The molecule has 0 radical (unpaired) electrons. The number of hydrogen-bond acceptors (Lipinski definition) is 1. The monoisotopic (exact) mass is 438 g/mol. The molecule has 0 bridgehead atoms. The van der Waals surface area contributed by atoms with E-state index in [-0.39, 0.29) is 42.6 Å². The average molecular weight is 440 g/mol. The van der Waals surface area contributed by atoms with Crippen molar-refractivity contribution in [1.82, 2.24) is 0 Å². The summed E-state index contributed by atoms with van der Waals surface area (Å²) in [6, 6.07) is 0. The van der Waals surface area contributed by atoms with Gasteiger partial charge in [0.25, 0.3) is 0 Å². The van der Waals surface area contributed by atoms with E-state index >= 15 is 0 Å². The molecule has 0 saturated heterocycles. The summed E-state index contributed by atoms with van der Waals surface area (Å²) >= 11 is 0. The van der Waals surface area contributed by atoms with Crippen molar-refractivity contribution in [2.75, 3.05) is 0 Å². The minimum absolute atomic E-state index is 0. The summed E-state index contributed by atoms with van der Waals surface area (Å²) in [4.78, 5) is 12.0. The van der Waals surface area contributed by atoms with Crippen LogP contribution in [0.1, 0.15) is 96.3 Å². The van der Waals surface area contributed by atoms with Crippen LogP contribution in [-0.4, -0.2) is 29.5 Å². The topological polar surface area (TPSA) is 115 Å². The van der Waals surface area contributed by atoms with Crippen LogP contribution in [0.25, 0.3) is 0 Å². The first kappa shape index (κ1) is 27.2. The zero-order chi connectivity index (χ0) is 13.8. The van der Waals surface area contributed by atoms with Crippen molar-refractivity contribution in [3.8, 4) is 0 Å². The van der Waals surface area contributed by atoms with Crippen LogP contribution in [0.4, 0.5) is 0 Å². The molecule has 3 aliphatic rings. The van der Waals surface area contributed by atoms with Crippen molar-refractivity contribution in [2.24, 2.45) is 0 Å². The summed E-state index contributed by atoms with van der Waals surface area (Å²) in [5.74, 6) is 0. The predicted octanol–water partition coefficient (Wildman–Crippen LogP) is 3.45. The minimum atomic E-state index is -2.05. The maximum Gasteiger partial charge on any atom is 0.197 e. The minimum Gasteiger partial charge on any atom is -0.431 e. The van der Waals surface area contributed by atoms with E-state index in [1.165, 1.54) is 96.3 Å². The van der Waals surface area contributed by atoms with Crippen LogP contribution in [0.3, 0.4) is 0 Å². The molecule has 3 fully saturated rings. The third-order valence-corrected chi connectivity index (χ3v) is 12.4. The Morgan fingerprint density at radius 1 is 0.458 bits per heavy atom. The molecule has 0 atom stereocenters. The van der Waals surface area contributed by atoms with Crippen LogP contribution in [0, 0.1) is 0 Å². The molecule has 6 heteroatoms. The quantitative estimate of drug-likeness (QED) is 0.666. The van der Waals surface area contributed by atoms with Gasteiger partial charge in [-0.25, -0.2) is 0 Å². The Hall–Kier alpha value is 0.940. The second-order valence-electron chi connectivity index (χ2n) is 7.89. The van der Waals surface area contributed by atoms with E-state index in [9.17, 15) is 4.80 Å². The normalized spacial score (nSPS) is 23.9. The average Bonchev–Trinajstić information content (AvgIpc) is 2.56. The van der Waals surface area contributed by atoms with Crippen molar-refractivity contribution < 1.29 is 47.4 Å². The van der Waals surface area contributed by atoms with Gasteiger partial charge >= 0.3 is 0 Å². The van der Waals surface area contributed by atoms with E-state index < -0.39 is 8.32 Å². The summed E-state index contributed by atoms with van der Waals surface area (Å²) in [6.45, 7) is 0. The molecule has 3 rings (SSSR count). The molecule has 4 nitrogen and oxygen atoms in total. The van der Waals surface area contributed by atoms with E-state index in [2.05, 4.69) is 0 Å². The van der Waals surface area contributed by atoms with Crippen LogP contribution in [0.2, 0.25) is 16.6 Å². The second-order valence-corrected chi connectivity index (χ2v) is 12.1. The summed E-state index contributed by atoms with van der Waals surface area (Å²) in [6.07, 6.45) is 20.9. The molecule has 3 aliphatic carbocycles. The van der Waals surface area contributed by atoms with Crippen LogP contribution in [0.5, 0.6) is 0 Å². The van der Waals surface area contributed by atoms with Gasteiger partial charge in [0.2, 0.25) is 0 Å². The van der Waals surface area contributed by atoms with Gasteiger partial charge in [-0.05, 0) is 16.6 Å². The summed E-state index contributed by atoms with van der Waals surface area (Å²) in [5.41, 5.74) is 2.30. The zero-order valence-electron chi connectivity index (χ0n) is 15.3. The van der Waals surface area contributed by atoms with E-state index in [4.69, 9.17) is 0 Å². The molecule has 0 spiro atoms. The number of hydrogen-bond donors (Lipinski definition) is 1. The van der Waals surface area contributed by atoms with Gasteiger partial charge in [-0.2, -0.15) is 0 Å². The fraction of sp³-hybridized carbons (Fsp3) is 1.00. The molecular formula is C18H40O4SiZr. The van der Waals surface area contributed by atoms with Gasteiger partial charge in [-0.15, -0.1) is 0 Å². The van der Waals surface area contributed by atoms with Gasteiger partial charge in [-0.3, -0.25) is 0 Å². The van der Waals surface area contributed by atoms with Crippen LogP contribution >= 0.6 is 0 Å². The maximum absolute atomic E-state index is 12.0. The Balaban J connectivity index is 0. The Morgan fingerprint density at radius 2 is 0.667 bits per heavy atom. The maximum atomic E-state index is 12.0. The summed E-state index contributed by atoms with van der Waals surface area (Å²) in [7, 11) is -2.05. The van der Waals surface area contributed by atoms with Gasteiger partial charge < -0.3 is 21.2 Å². The van der Waals surface area contributed by atoms with E-state index in [1.54, 1.807) is 0 Å². The standard InChI is InChI=1S/C18H34OSi.3H2O.Zr/c19-20(16-10-4-1-5-11-16,17-12-6-2-7-13-17)18-14-8-3-9-15-18;;;;/h16-19H,1-15H2;3*1H2;. The summed E-state index contributed by atoms with van der Waals surface area (Å²) in [5, 5.41) is 0. The molecule has 0 heterocycles. The Bertz CT molecular complexity index is 256. The third-order valence-electron chi connectivity index (χ3n) is 6.78. The molecule has 3 saturated carbocycles. The van der Waals surface area contributed by atoms with Crippen molar-refractivity contribution in [1.29, 1.82) is 0 Å². The second kappa shape index (κ2) is 13.2. The molecule has 7 N–H and O–H groups in total.